The molecular formula is C24H24ClNO6. The Morgan fingerprint density at radius 2 is 1.72 bits per heavy atom. The van der Waals surface area contributed by atoms with Crippen molar-refractivity contribution in [3.8, 4) is 5.75 Å². The van der Waals surface area contributed by atoms with E-state index >= 15 is 0 Å². The quantitative estimate of drug-likeness (QED) is 0.247. The molecule has 0 aliphatic rings. The fourth-order valence-corrected chi connectivity index (χ4v) is 3.07. The van der Waals surface area contributed by atoms with E-state index in [1.54, 1.807) is 63.2 Å². The van der Waals surface area contributed by atoms with E-state index in [0.29, 0.717) is 29.8 Å². The lowest BCUT2D eigenvalue weighted by Gasteiger charge is -2.19. The maximum Gasteiger partial charge on any atom is 0.407 e. The van der Waals surface area contributed by atoms with Gasteiger partial charge >= 0.3 is 17.7 Å². The summed E-state index contributed by atoms with van der Waals surface area (Å²) in [6.07, 6.45) is 0.0976. The van der Waals surface area contributed by atoms with Crippen LogP contribution in [0.15, 0.2) is 57.7 Å². The number of hydrogen-bond acceptors (Lipinski definition) is 6. The molecule has 0 aliphatic carbocycles. The normalized spacial score (nSPS) is 11.2. The summed E-state index contributed by atoms with van der Waals surface area (Å²) in [5, 5.41) is 3.27. The Balaban J connectivity index is 1.61. The van der Waals surface area contributed by atoms with E-state index in [4.69, 9.17) is 25.5 Å². The van der Waals surface area contributed by atoms with Crippen LogP contribution in [0, 0.1) is 0 Å². The molecule has 0 fully saturated rings. The summed E-state index contributed by atoms with van der Waals surface area (Å²) in [5.74, 6) is -0.224. The third-order valence-electron chi connectivity index (χ3n) is 4.39. The number of esters is 1. The molecule has 7 nitrogen and oxygen atoms in total. The lowest BCUT2D eigenvalue weighted by atomic mass is 10.1. The second-order valence-corrected chi connectivity index (χ2v) is 8.43. The predicted molar refractivity (Wildman–Crippen MR) is 121 cm³/mol. The van der Waals surface area contributed by atoms with Crippen LogP contribution in [-0.4, -0.2) is 24.2 Å². The van der Waals surface area contributed by atoms with Crippen LogP contribution in [0.2, 0.25) is 0 Å². The van der Waals surface area contributed by atoms with Crippen LogP contribution in [0.5, 0.6) is 5.75 Å². The number of nitrogens with one attached hydrogen (secondary N) is 1. The van der Waals surface area contributed by atoms with Crippen LogP contribution in [0.3, 0.4) is 0 Å². The molecule has 3 aromatic rings. The summed E-state index contributed by atoms with van der Waals surface area (Å²) < 4.78 is 15.7. The van der Waals surface area contributed by atoms with Crippen molar-refractivity contribution in [2.45, 2.75) is 38.7 Å². The molecule has 1 heterocycles. The topological polar surface area (TPSA) is 94.8 Å². The SMILES string of the molecule is CC(C)(C)OC(=O)NCCc1ccc(OC(=O)c2cc3cc(CCl)ccc3oc2=O)cc1. The zero-order valence-corrected chi connectivity index (χ0v) is 18.8. The number of benzene rings is 2. The Kier molecular flexibility index (Phi) is 7.20. The van der Waals surface area contributed by atoms with Crippen LogP contribution in [-0.2, 0) is 17.0 Å². The summed E-state index contributed by atoms with van der Waals surface area (Å²) in [6, 6.07) is 13.4. The van der Waals surface area contributed by atoms with Crippen LogP contribution in [0.4, 0.5) is 4.79 Å². The molecule has 1 N–H and O–H groups in total. The van der Waals surface area contributed by atoms with E-state index in [0.717, 1.165) is 11.1 Å². The zero-order valence-electron chi connectivity index (χ0n) is 18.1. The smallest absolute Gasteiger partial charge is 0.407 e. The minimum absolute atomic E-state index is 0.199. The lowest BCUT2D eigenvalue weighted by Crippen LogP contribution is -2.33. The van der Waals surface area contributed by atoms with Gasteiger partial charge in [0.15, 0.2) is 0 Å². The Morgan fingerprint density at radius 1 is 1.03 bits per heavy atom. The molecule has 0 saturated heterocycles. The van der Waals surface area contributed by atoms with E-state index in [1.807, 2.05) is 0 Å². The average molecular weight is 458 g/mol. The van der Waals surface area contributed by atoms with E-state index in [1.165, 1.54) is 6.07 Å². The van der Waals surface area contributed by atoms with Crippen LogP contribution < -0.4 is 15.7 Å². The number of hydrogen-bond donors (Lipinski definition) is 1. The van der Waals surface area contributed by atoms with Gasteiger partial charge in [-0.25, -0.2) is 14.4 Å². The first-order valence-electron chi connectivity index (χ1n) is 10.1. The van der Waals surface area contributed by atoms with Gasteiger partial charge in [0, 0.05) is 17.8 Å². The number of alkyl carbamates (subject to hydrolysis) is 1. The van der Waals surface area contributed by atoms with Crippen molar-refractivity contribution in [1.82, 2.24) is 5.32 Å². The number of alkyl halides is 1. The van der Waals surface area contributed by atoms with Crippen LogP contribution in [0.1, 0.15) is 42.3 Å². The van der Waals surface area contributed by atoms with Crippen molar-refractivity contribution < 1.29 is 23.5 Å². The first kappa shape index (κ1) is 23.3. The fourth-order valence-electron chi connectivity index (χ4n) is 2.91. The summed E-state index contributed by atoms with van der Waals surface area (Å²) in [4.78, 5) is 36.4. The minimum Gasteiger partial charge on any atom is -0.444 e. The molecule has 0 saturated carbocycles. The highest BCUT2D eigenvalue weighted by Gasteiger charge is 2.17. The van der Waals surface area contributed by atoms with Crippen molar-refractivity contribution in [1.29, 1.82) is 0 Å². The Labute approximate surface area is 190 Å². The van der Waals surface area contributed by atoms with Crippen molar-refractivity contribution in [2.24, 2.45) is 0 Å². The van der Waals surface area contributed by atoms with Crippen molar-refractivity contribution >= 4 is 34.6 Å². The molecule has 0 atom stereocenters. The van der Waals surface area contributed by atoms with Gasteiger partial charge in [0.1, 0.15) is 22.5 Å². The minimum atomic E-state index is -0.809. The molecule has 168 valence electrons. The molecule has 3 rings (SSSR count). The molecule has 2 aromatic carbocycles. The Bertz CT molecular complexity index is 1180. The van der Waals surface area contributed by atoms with E-state index < -0.39 is 23.3 Å². The maximum absolute atomic E-state index is 12.5. The first-order chi connectivity index (χ1) is 15.1. The largest absolute Gasteiger partial charge is 0.444 e. The molecule has 0 aliphatic heterocycles. The van der Waals surface area contributed by atoms with Crippen molar-refractivity contribution in [2.75, 3.05) is 6.54 Å². The monoisotopic (exact) mass is 457 g/mol. The highest BCUT2D eigenvalue weighted by Crippen LogP contribution is 2.19. The molecule has 0 bridgehead atoms. The second kappa shape index (κ2) is 9.87. The van der Waals surface area contributed by atoms with Gasteiger partial charge in [-0.3, -0.25) is 0 Å². The number of carbonyl (C=O) groups excluding carboxylic acids is 2. The summed E-state index contributed by atoms with van der Waals surface area (Å²) in [5.41, 5.74) is 0.610. The van der Waals surface area contributed by atoms with Crippen LogP contribution >= 0.6 is 11.6 Å². The van der Waals surface area contributed by atoms with Gasteiger partial charge in [-0.15, -0.1) is 11.6 Å². The molecule has 0 spiro atoms. The molecule has 32 heavy (non-hydrogen) atoms. The van der Waals surface area contributed by atoms with Crippen molar-refractivity contribution in [3.05, 3.63) is 75.6 Å². The Morgan fingerprint density at radius 3 is 2.38 bits per heavy atom. The Hall–Kier alpha value is -3.32. The van der Waals surface area contributed by atoms with Crippen molar-refractivity contribution in [3.63, 3.8) is 0 Å². The van der Waals surface area contributed by atoms with Gasteiger partial charge in [0.25, 0.3) is 0 Å². The van der Waals surface area contributed by atoms with Gasteiger partial charge in [-0.1, -0.05) is 18.2 Å². The fraction of sp³-hybridized carbons (Fsp3) is 0.292. The van der Waals surface area contributed by atoms with E-state index in [2.05, 4.69) is 5.32 Å². The third kappa shape index (κ3) is 6.34. The average Bonchev–Trinajstić information content (AvgIpc) is 2.72. The summed E-state index contributed by atoms with van der Waals surface area (Å²) in [6.45, 7) is 5.79. The standard InChI is InChI=1S/C24H24ClNO6/c1-24(2,3)32-23(29)26-11-10-15-4-7-18(8-5-15)30-21(27)19-13-17-12-16(14-25)6-9-20(17)31-22(19)28/h4-9,12-13H,10-11,14H2,1-3H3,(H,26,29). The summed E-state index contributed by atoms with van der Waals surface area (Å²) in [7, 11) is 0. The third-order valence-corrected chi connectivity index (χ3v) is 4.70. The van der Waals surface area contributed by atoms with Gasteiger partial charge < -0.3 is 19.2 Å². The van der Waals surface area contributed by atoms with E-state index in [9.17, 15) is 14.4 Å². The maximum atomic E-state index is 12.5. The molecule has 1 aromatic heterocycles. The number of carbonyl (C=O) groups is 2. The summed E-state index contributed by atoms with van der Waals surface area (Å²) >= 11 is 5.84. The molecular weight excluding hydrogens is 434 g/mol. The van der Waals surface area contributed by atoms with Gasteiger partial charge in [0.05, 0.1) is 0 Å². The molecule has 8 heteroatoms. The highest BCUT2D eigenvalue weighted by atomic mass is 35.5. The number of fused-ring (bicyclic) bond motifs is 1. The highest BCUT2D eigenvalue weighted by molar-refractivity contribution is 6.17. The number of halogens is 1. The molecule has 0 radical (unpaired) electrons. The van der Waals surface area contributed by atoms with Gasteiger partial charge in [-0.05, 0) is 68.7 Å². The number of amides is 1. The number of ether oxygens (including phenoxy) is 2. The first-order valence-corrected chi connectivity index (χ1v) is 10.6. The molecule has 1 amide bonds. The van der Waals surface area contributed by atoms with Gasteiger partial charge in [0.2, 0.25) is 0 Å². The second-order valence-electron chi connectivity index (χ2n) is 8.17. The zero-order chi connectivity index (χ0) is 23.3. The van der Waals surface area contributed by atoms with E-state index in [-0.39, 0.29) is 11.3 Å². The predicted octanol–water partition coefficient (Wildman–Crippen LogP) is 4.82. The van der Waals surface area contributed by atoms with Gasteiger partial charge in [-0.2, -0.15) is 0 Å². The number of rotatable bonds is 6. The molecule has 0 unspecified atom stereocenters. The lowest BCUT2D eigenvalue weighted by molar-refractivity contribution is 0.0528. The van der Waals surface area contributed by atoms with Crippen LogP contribution in [0.25, 0.3) is 11.0 Å².